The maximum absolute atomic E-state index is 12.6. The summed E-state index contributed by atoms with van der Waals surface area (Å²) in [6.07, 6.45) is 5.96. The number of carbonyl (C=O) groups is 1. The van der Waals surface area contributed by atoms with Crippen LogP contribution in [-0.2, 0) is 4.79 Å². The van der Waals surface area contributed by atoms with E-state index in [1.54, 1.807) is 0 Å². The minimum atomic E-state index is -0.486. The van der Waals surface area contributed by atoms with Gasteiger partial charge >= 0.3 is 0 Å². The average molecular weight is 397 g/mol. The molecule has 1 aromatic heterocycles. The SMILES string of the molecule is CC(C)n1nc(-c2ccccc2)nc1[C@H]1CC[C@@H](O)[C@H](NC(=O)C2CCCC2)C1. The summed E-state index contributed by atoms with van der Waals surface area (Å²) in [5.74, 6) is 2.12. The zero-order chi connectivity index (χ0) is 20.4. The molecule has 1 amide bonds. The predicted molar refractivity (Wildman–Crippen MR) is 112 cm³/mol. The van der Waals surface area contributed by atoms with Crippen LogP contribution < -0.4 is 5.32 Å². The van der Waals surface area contributed by atoms with Crippen LogP contribution in [-0.4, -0.2) is 37.9 Å². The molecule has 2 aliphatic rings. The van der Waals surface area contributed by atoms with Gasteiger partial charge in [-0.3, -0.25) is 4.79 Å². The highest BCUT2D eigenvalue weighted by molar-refractivity contribution is 5.79. The van der Waals surface area contributed by atoms with Gasteiger partial charge in [0, 0.05) is 23.4 Å². The highest BCUT2D eigenvalue weighted by Crippen LogP contribution is 2.35. The first kappa shape index (κ1) is 20.1. The minimum Gasteiger partial charge on any atom is -0.391 e. The highest BCUT2D eigenvalue weighted by atomic mass is 16.3. The van der Waals surface area contributed by atoms with Gasteiger partial charge in [0.1, 0.15) is 5.82 Å². The molecule has 0 unspecified atom stereocenters. The smallest absolute Gasteiger partial charge is 0.223 e. The van der Waals surface area contributed by atoms with E-state index in [0.717, 1.165) is 49.3 Å². The zero-order valence-electron chi connectivity index (χ0n) is 17.4. The number of hydrogen-bond donors (Lipinski definition) is 2. The summed E-state index contributed by atoms with van der Waals surface area (Å²) in [6, 6.07) is 10.0. The van der Waals surface area contributed by atoms with E-state index in [9.17, 15) is 9.90 Å². The maximum Gasteiger partial charge on any atom is 0.223 e. The summed E-state index contributed by atoms with van der Waals surface area (Å²) in [4.78, 5) is 17.5. The van der Waals surface area contributed by atoms with E-state index in [4.69, 9.17) is 10.1 Å². The number of nitrogens with zero attached hydrogens (tertiary/aromatic N) is 3. The summed E-state index contributed by atoms with van der Waals surface area (Å²) in [7, 11) is 0. The Labute approximate surface area is 172 Å². The molecule has 0 aliphatic heterocycles. The van der Waals surface area contributed by atoms with Crippen LogP contribution in [0.25, 0.3) is 11.4 Å². The lowest BCUT2D eigenvalue weighted by atomic mass is 9.82. The van der Waals surface area contributed by atoms with E-state index in [0.29, 0.717) is 12.8 Å². The number of nitrogens with one attached hydrogen (secondary N) is 1. The molecule has 1 heterocycles. The number of amides is 1. The highest BCUT2D eigenvalue weighted by Gasteiger charge is 2.35. The molecule has 2 aliphatic carbocycles. The van der Waals surface area contributed by atoms with Gasteiger partial charge in [-0.25, -0.2) is 9.67 Å². The van der Waals surface area contributed by atoms with Crippen molar-refractivity contribution < 1.29 is 9.90 Å². The molecular formula is C23H32N4O2. The first-order valence-corrected chi connectivity index (χ1v) is 11.0. The van der Waals surface area contributed by atoms with E-state index in [1.807, 2.05) is 35.0 Å². The van der Waals surface area contributed by atoms with Gasteiger partial charge in [0.05, 0.1) is 12.1 Å². The first-order chi connectivity index (χ1) is 14.0. The Kier molecular flexibility index (Phi) is 5.99. The van der Waals surface area contributed by atoms with Crippen molar-refractivity contribution >= 4 is 5.91 Å². The second-order valence-corrected chi connectivity index (χ2v) is 8.87. The van der Waals surface area contributed by atoms with E-state index in [1.165, 1.54) is 0 Å². The van der Waals surface area contributed by atoms with Crippen molar-refractivity contribution in [2.75, 3.05) is 0 Å². The summed E-state index contributed by atoms with van der Waals surface area (Å²) in [6.45, 7) is 4.23. The predicted octanol–water partition coefficient (Wildman–Crippen LogP) is 3.83. The normalized spacial score (nSPS) is 25.4. The summed E-state index contributed by atoms with van der Waals surface area (Å²) < 4.78 is 2.01. The van der Waals surface area contributed by atoms with Gasteiger partial charge in [0.15, 0.2) is 5.82 Å². The van der Waals surface area contributed by atoms with Crippen LogP contribution in [0.3, 0.4) is 0 Å². The van der Waals surface area contributed by atoms with Crippen LogP contribution in [0.15, 0.2) is 30.3 Å². The lowest BCUT2D eigenvalue weighted by Crippen LogP contribution is -2.48. The van der Waals surface area contributed by atoms with Crippen molar-refractivity contribution in [3.05, 3.63) is 36.2 Å². The van der Waals surface area contributed by atoms with Crippen molar-refractivity contribution in [2.45, 2.75) is 82.9 Å². The summed E-state index contributed by atoms with van der Waals surface area (Å²) >= 11 is 0. The lowest BCUT2D eigenvalue weighted by Gasteiger charge is -2.34. The van der Waals surface area contributed by atoms with Crippen molar-refractivity contribution in [3.63, 3.8) is 0 Å². The lowest BCUT2D eigenvalue weighted by molar-refractivity contribution is -0.126. The fourth-order valence-corrected chi connectivity index (χ4v) is 4.74. The quantitative estimate of drug-likeness (QED) is 0.805. The van der Waals surface area contributed by atoms with Crippen LogP contribution >= 0.6 is 0 Å². The van der Waals surface area contributed by atoms with E-state index in [2.05, 4.69) is 19.2 Å². The molecule has 1 aromatic carbocycles. The summed E-state index contributed by atoms with van der Waals surface area (Å²) in [5, 5.41) is 18.5. The van der Waals surface area contributed by atoms with Gasteiger partial charge in [-0.05, 0) is 46.0 Å². The van der Waals surface area contributed by atoms with Gasteiger partial charge < -0.3 is 10.4 Å². The van der Waals surface area contributed by atoms with Gasteiger partial charge in [-0.2, -0.15) is 5.10 Å². The molecule has 29 heavy (non-hydrogen) atoms. The van der Waals surface area contributed by atoms with Gasteiger partial charge in [-0.15, -0.1) is 0 Å². The topological polar surface area (TPSA) is 80.0 Å². The molecule has 0 spiro atoms. The second kappa shape index (κ2) is 8.66. The molecule has 6 nitrogen and oxygen atoms in total. The molecule has 156 valence electrons. The van der Waals surface area contributed by atoms with Crippen molar-refractivity contribution in [3.8, 4) is 11.4 Å². The van der Waals surface area contributed by atoms with Crippen molar-refractivity contribution in [1.29, 1.82) is 0 Å². The molecule has 0 bridgehead atoms. The largest absolute Gasteiger partial charge is 0.391 e. The van der Waals surface area contributed by atoms with Crippen LogP contribution in [0.1, 0.15) is 76.6 Å². The molecule has 6 heteroatoms. The van der Waals surface area contributed by atoms with Crippen LogP contribution in [0.4, 0.5) is 0 Å². The molecule has 2 aromatic rings. The Morgan fingerprint density at radius 2 is 1.86 bits per heavy atom. The number of aliphatic hydroxyl groups excluding tert-OH is 1. The summed E-state index contributed by atoms with van der Waals surface area (Å²) in [5.41, 5.74) is 1.01. The number of benzene rings is 1. The van der Waals surface area contributed by atoms with E-state index in [-0.39, 0.29) is 29.8 Å². The Morgan fingerprint density at radius 3 is 2.55 bits per heavy atom. The number of aliphatic hydroxyl groups is 1. The third-order valence-electron chi connectivity index (χ3n) is 6.41. The first-order valence-electron chi connectivity index (χ1n) is 11.0. The molecule has 4 rings (SSSR count). The Bertz CT molecular complexity index is 827. The van der Waals surface area contributed by atoms with Crippen molar-refractivity contribution in [2.24, 2.45) is 5.92 Å². The van der Waals surface area contributed by atoms with E-state index < -0.39 is 6.10 Å². The number of hydrogen-bond acceptors (Lipinski definition) is 4. The second-order valence-electron chi connectivity index (χ2n) is 8.87. The van der Waals surface area contributed by atoms with Gasteiger partial charge in [0.2, 0.25) is 5.91 Å². The van der Waals surface area contributed by atoms with Gasteiger partial charge in [-0.1, -0.05) is 43.2 Å². The van der Waals surface area contributed by atoms with Crippen molar-refractivity contribution in [1.82, 2.24) is 20.1 Å². The molecule has 0 saturated heterocycles. The molecule has 2 N–H and O–H groups in total. The third-order valence-corrected chi connectivity index (χ3v) is 6.41. The zero-order valence-corrected chi connectivity index (χ0v) is 17.4. The molecular weight excluding hydrogens is 364 g/mol. The Balaban J connectivity index is 1.54. The molecule has 2 saturated carbocycles. The standard InChI is InChI=1S/C23H32N4O2/c1-15(2)27-22(25-21(26-27)16-8-4-3-5-9-16)18-12-13-20(28)19(14-18)24-23(29)17-10-6-7-11-17/h3-5,8-9,15,17-20,28H,6-7,10-14H2,1-2H3,(H,24,29)/t18-,19+,20+/m0/s1. The fourth-order valence-electron chi connectivity index (χ4n) is 4.74. The van der Waals surface area contributed by atoms with Crippen LogP contribution in [0.2, 0.25) is 0 Å². The van der Waals surface area contributed by atoms with Gasteiger partial charge in [0.25, 0.3) is 0 Å². The third kappa shape index (κ3) is 4.37. The van der Waals surface area contributed by atoms with Crippen LogP contribution in [0, 0.1) is 5.92 Å². The molecule has 0 radical (unpaired) electrons. The number of aromatic nitrogens is 3. The van der Waals surface area contributed by atoms with Crippen LogP contribution in [0.5, 0.6) is 0 Å². The number of rotatable bonds is 5. The maximum atomic E-state index is 12.6. The van der Waals surface area contributed by atoms with E-state index >= 15 is 0 Å². The Morgan fingerprint density at radius 1 is 1.14 bits per heavy atom. The molecule has 3 atom stereocenters. The monoisotopic (exact) mass is 396 g/mol. The fraction of sp³-hybridized carbons (Fsp3) is 0.609. The average Bonchev–Trinajstić information content (AvgIpc) is 3.41. The number of carbonyl (C=O) groups excluding carboxylic acids is 1. The molecule has 2 fully saturated rings. The minimum absolute atomic E-state index is 0.113. The Hall–Kier alpha value is -2.21.